The normalized spacial score (nSPS) is 11.2. The van der Waals surface area contributed by atoms with E-state index >= 15 is 0 Å². The number of rotatable bonds is 4. The van der Waals surface area contributed by atoms with E-state index in [0.717, 1.165) is 17.7 Å². The molecule has 0 bridgehead atoms. The summed E-state index contributed by atoms with van der Waals surface area (Å²) in [5.74, 6) is 1.10. The van der Waals surface area contributed by atoms with Gasteiger partial charge in [0.1, 0.15) is 18.2 Å². The summed E-state index contributed by atoms with van der Waals surface area (Å²) >= 11 is 0. The van der Waals surface area contributed by atoms with Gasteiger partial charge in [0.2, 0.25) is 0 Å². The SMILES string of the molecule is CNc1cc(COc2ccc(C(F)(F)F)cc2)ccn1. The van der Waals surface area contributed by atoms with Gasteiger partial charge in [-0.3, -0.25) is 0 Å². The minimum atomic E-state index is -4.33. The van der Waals surface area contributed by atoms with Crippen LogP contribution in [0.5, 0.6) is 5.75 Å². The Morgan fingerprint density at radius 2 is 1.85 bits per heavy atom. The first-order valence-electron chi connectivity index (χ1n) is 5.92. The van der Waals surface area contributed by atoms with Gasteiger partial charge >= 0.3 is 6.18 Å². The number of hydrogen-bond acceptors (Lipinski definition) is 3. The second kappa shape index (κ2) is 5.81. The molecule has 1 N–H and O–H groups in total. The van der Waals surface area contributed by atoms with Crippen molar-refractivity contribution in [1.82, 2.24) is 4.98 Å². The van der Waals surface area contributed by atoms with Crippen LogP contribution in [0.4, 0.5) is 19.0 Å². The molecule has 1 heterocycles. The van der Waals surface area contributed by atoms with Crippen LogP contribution in [0.15, 0.2) is 42.6 Å². The van der Waals surface area contributed by atoms with Crippen molar-refractivity contribution in [2.24, 2.45) is 0 Å². The summed E-state index contributed by atoms with van der Waals surface area (Å²) in [7, 11) is 1.75. The third-order valence-electron chi connectivity index (χ3n) is 2.67. The molecule has 0 radical (unpaired) electrons. The van der Waals surface area contributed by atoms with Crippen LogP contribution in [-0.2, 0) is 12.8 Å². The number of nitrogens with zero attached hydrogens (tertiary/aromatic N) is 1. The molecule has 0 atom stereocenters. The van der Waals surface area contributed by atoms with Crippen molar-refractivity contribution in [2.75, 3.05) is 12.4 Å². The number of benzene rings is 1. The number of nitrogens with one attached hydrogen (secondary N) is 1. The maximum atomic E-state index is 12.4. The molecule has 0 aliphatic carbocycles. The summed E-state index contributed by atoms with van der Waals surface area (Å²) in [6, 6.07) is 8.21. The van der Waals surface area contributed by atoms with Crippen molar-refractivity contribution >= 4 is 5.82 Å². The highest BCUT2D eigenvalue weighted by atomic mass is 19.4. The van der Waals surface area contributed by atoms with E-state index in [1.165, 1.54) is 12.1 Å². The van der Waals surface area contributed by atoms with E-state index in [0.29, 0.717) is 11.6 Å². The van der Waals surface area contributed by atoms with Crippen molar-refractivity contribution in [3.63, 3.8) is 0 Å². The average molecular weight is 282 g/mol. The molecular weight excluding hydrogens is 269 g/mol. The molecule has 2 rings (SSSR count). The minimum Gasteiger partial charge on any atom is -0.489 e. The summed E-state index contributed by atoms with van der Waals surface area (Å²) in [5.41, 5.74) is 0.190. The van der Waals surface area contributed by atoms with E-state index in [1.54, 1.807) is 19.3 Å². The Morgan fingerprint density at radius 3 is 2.45 bits per heavy atom. The summed E-state index contributed by atoms with van der Waals surface area (Å²) in [4.78, 5) is 4.06. The van der Waals surface area contributed by atoms with Gasteiger partial charge in [-0.15, -0.1) is 0 Å². The smallest absolute Gasteiger partial charge is 0.416 e. The van der Waals surface area contributed by atoms with Gasteiger partial charge in [-0.05, 0) is 42.0 Å². The molecule has 6 heteroatoms. The fourth-order valence-electron chi connectivity index (χ4n) is 1.61. The second-order valence-corrected chi connectivity index (χ2v) is 4.11. The lowest BCUT2D eigenvalue weighted by Gasteiger charge is -2.09. The van der Waals surface area contributed by atoms with Gasteiger partial charge in [0, 0.05) is 13.2 Å². The third-order valence-corrected chi connectivity index (χ3v) is 2.67. The van der Waals surface area contributed by atoms with Gasteiger partial charge in [-0.1, -0.05) is 0 Å². The quantitative estimate of drug-likeness (QED) is 0.928. The zero-order chi connectivity index (χ0) is 14.6. The average Bonchev–Trinajstić information content (AvgIpc) is 2.45. The molecule has 0 aliphatic rings. The third kappa shape index (κ3) is 3.63. The largest absolute Gasteiger partial charge is 0.489 e. The minimum absolute atomic E-state index is 0.266. The molecule has 0 saturated heterocycles. The molecular formula is C14H13F3N2O. The highest BCUT2D eigenvalue weighted by molar-refractivity contribution is 5.36. The van der Waals surface area contributed by atoms with Gasteiger partial charge < -0.3 is 10.1 Å². The highest BCUT2D eigenvalue weighted by Gasteiger charge is 2.29. The number of pyridine rings is 1. The van der Waals surface area contributed by atoms with Crippen molar-refractivity contribution in [3.05, 3.63) is 53.7 Å². The molecule has 3 nitrogen and oxygen atoms in total. The first-order chi connectivity index (χ1) is 9.49. The van der Waals surface area contributed by atoms with Gasteiger partial charge in [0.25, 0.3) is 0 Å². The monoisotopic (exact) mass is 282 g/mol. The molecule has 0 amide bonds. The topological polar surface area (TPSA) is 34.1 Å². The fraction of sp³-hybridized carbons (Fsp3) is 0.214. The predicted molar refractivity (Wildman–Crippen MR) is 69.6 cm³/mol. The molecule has 2 aromatic rings. The Kier molecular flexibility index (Phi) is 4.12. The zero-order valence-electron chi connectivity index (χ0n) is 10.7. The van der Waals surface area contributed by atoms with E-state index in [-0.39, 0.29) is 6.61 Å². The van der Waals surface area contributed by atoms with Crippen LogP contribution >= 0.6 is 0 Å². The second-order valence-electron chi connectivity index (χ2n) is 4.11. The molecule has 0 saturated carbocycles. The first kappa shape index (κ1) is 14.2. The predicted octanol–water partition coefficient (Wildman–Crippen LogP) is 3.72. The molecule has 0 unspecified atom stereocenters. The lowest BCUT2D eigenvalue weighted by Crippen LogP contribution is -2.04. The van der Waals surface area contributed by atoms with E-state index in [1.807, 2.05) is 6.07 Å². The molecule has 20 heavy (non-hydrogen) atoms. The lowest BCUT2D eigenvalue weighted by molar-refractivity contribution is -0.137. The Balaban J connectivity index is 2.00. The summed E-state index contributed by atoms with van der Waals surface area (Å²) in [6.45, 7) is 0.266. The number of alkyl halides is 3. The number of halogens is 3. The number of ether oxygens (including phenoxy) is 1. The van der Waals surface area contributed by atoms with Crippen LogP contribution in [0, 0.1) is 0 Å². The Morgan fingerprint density at radius 1 is 1.15 bits per heavy atom. The summed E-state index contributed by atoms with van der Waals surface area (Å²) < 4.78 is 42.6. The van der Waals surface area contributed by atoms with Crippen molar-refractivity contribution in [2.45, 2.75) is 12.8 Å². The van der Waals surface area contributed by atoms with Gasteiger partial charge in [0.15, 0.2) is 0 Å². The van der Waals surface area contributed by atoms with Crippen LogP contribution in [0.1, 0.15) is 11.1 Å². The van der Waals surface area contributed by atoms with E-state index in [9.17, 15) is 13.2 Å². The fourth-order valence-corrected chi connectivity index (χ4v) is 1.61. The lowest BCUT2D eigenvalue weighted by atomic mass is 10.2. The summed E-state index contributed by atoms with van der Waals surface area (Å²) in [6.07, 6.45) is -2.69. The van der Waals surface area contributed by atoms with Crippen molar-refractivity contribution in [3.8, 4) is 5.75 Å². The standard InChI is InChI=1S/C14H13F3N2O/c1-18-13-8-10(6-7-19-13)9-20-12-4-2-11(3-5-12)14(15,16)17/h2-8H,9H2,1H3,(H,18,19). The van der Waals surface area contributed by atoms with Crippen LogP contribution < -0.4 is 10.1 Å². The molecule has 0 fully saturated rings. The molecule has 0 aliphatic heterocycles. The molecule has 0 spiro atoms. The number of hydrogen-bond donors (Lipinski definition) is 1. The van der Waals surface area contributed by atoms with E-state index in [2.05, 4.69) is 10.3 Å². The molecule has 1 aromatic heterocycles. The summed E-state index contributed by atoms with van der Waals surface area (Å²) in [5, 5.41) is 2.90. The Bertz CT molecular complexity index is 567. The van der Waals surface area contributed by atoms with Crippen molar-refractivity contribution in [1.29, 1.82) is 0 Å². The van der Waals surface area contributed by atoms with Crippen LogP contribution in [0.25, 0.3) is 0 Å². The molecule has 1 aromatic carbocycles. The van der Waals surface area contributed by atoms with Crippen LogP contribution in [0.3, 0.4) is 0 Å². The Labute approximate surface area is 114 Å². The Hall–Kier alpha value is -2.24. The van der Waals surface area contributed by atoms with E-state index in [4.69, 9.17) is 4.74 Å². The maximum absolute atomic E-state index is 12.4. The number of anilines is 1. The molecule has 106 valence electrons. The van der Waals surface area contributed by atoms with Crippen molar-refractivity contribution < 1.29 is 17.9 Å². The van der Waals surface area contributed by atoms with Gasteiger partial charge in [0.05, 0.1) is 5.56 Å². The van der Waals surface area contributed by atoms with Crippen LogP contribution in [0.2, 0.25) is 0 Å². The van der Waals surface area contributed by atoms with Gasteiger partial charge in [-0.25, -0.2) is 4.98 Å². The van der Waals surface area contributed by atoms with Gasteiger partial charge in [-0.2, -0.15) is 13.2 Å². The maximum Gasteiger partial charge on any atom is 0.416 e. The zero-order valence-corrected chi connectivity index (χ0v) is 10.7. The number of aromatic nitrogens is 1. The highest BCUT2D eigenvalue weighted by Crippen LogP contribution is 2.30. The van der Waals surface area contributed by atoms with E-state index < -0.39 is 11.7 Å². The first-order valence-corrected chi connectivity index (χ1v) is 5.92. The van der Waals surface area contributed by atoms with Crippen LogP contribution in [-0.4, -0.2) is 12.0 Å².